The van der Waals surface area contributed by atoms with Gasteiger partial charge in [0.25, 0.3) is 0 Å². The van der Waals surface area contributed by atoms with Crippen LogP contribution in [-0.2, 0) is 0 Å². The predicted octanol–water partition coefficient (Wildman–Crippen LogP) is 2.80. The zero-order valence-corrected chi connectivity index (χ0v) is 10.8. The van der Waals surface area contributed by atoms with Crippen molar-refractivity contribution >= 4 is 0 Å². The number of nitrogens with zero attached hydrogens (tertiary/aromatic N) is 2. The molecule has 0 unspecified atom stereocenters. The van der Waals surface area contributed by atoms with Gasteiger partial charge in [0, 0.05) is 6.54 Å². The van der Waals surface area contributed by atoms with Crippen LogP contribution in [0.15, 0.2) is 0 Å². The van der Waals surface area contributed by atoms with Gasteiger partial charge in [-0.1, -0.05) is 33.1 Å². The van der Waals surface area contributed by atoms with E-state index in [1.54, 1.807) is 0 Å². The fourth-order valence-electron chi connectivity index (χ4n) is 2.46. The van der Waals surface area contributed by atoms with Gasteiger partial charge in [-0.05, 0) is 38.9 Å². The van der Waals surface area contributed by atoms with Crippen molar-refractivity contribution in [2.75, 3.05) is 33.4 Å². The molecule has 2 nitrogen and oxygen atoms in total. The van der Waals surface area contributed by atoms with Crippen LogP contribution in [0.25, 0.3) is 0 Å². The second kappa shape index (κ2) is 7.24. The van der Waals surface area contributed by atoms with Crippen molar-refractivity contribution in [2.45, 2.75) is 46.0 Å². The van der Waals surface area contributed by atoms with E-state index in [0.717, 1.165) is 19.1 Å². The van der Waals surface area contributed by atoms with Crippen LogP contribution in [0.2, 0.25) is 0 Å². The van der Waals surface area contributed by atoms with E-state index in [1.807, 2.05) is 0 Å². The topological polar surface area (TPSA) is 6.48 Å². The standard InChI is InChI=1S/C13H28N2/c1-4-14(3)12-15(5-2)11-13-9-7-6-8-10-13/h13H,4-12H2,1-3H3. The first-order valence-electron chi connectivity index (χ1n) is 6.67. The first-order valence-corrected chi connectivity index (χ1v) is 6.67. The minimum absolute atomic E-state index is 0.976. The SMILES string of the molecule is CCN(C)CN(CC)CC1CCCCC1. The molecule has 1 fully saturated rings. The molecule has 0 aromatic carbocycles. The maximum Gasteiger partial charge on any atom is 0.0503 e. The Bertz CT molecular complexity index is 153. The van der Waals surface area contributed by atoms with Crippen molar-refractivity contribution in [2.24, 2.45) is 5.92 Å². The van der Waals surface area contributed by atoms with Crippen LogP contribution in [-0.4, -0.2) is 43.2 Å². The Morgan fingerprint density at radius 3 is 2.20 bits per heavy atom. The molecule has 15 heavy (non-hydrogen) atoms. The summed E-state index contributed by atoms with van der Waals surface area (Å²) in [5.74, 6) is 0.976. The summed E-state index contributed by atoms with van der Waals surface area (Å²) >= 11 is 0. The Kier molecular flexibility index (Phi) is 6.26. The molecule has 0 radical (unpaired) electrons. The Labute approximate surface area is 95.6 Å². The lowest BCUT2D eigenvalue weighted by Crippen LogP contribution is -2.38. The summed E-state index contributed by atoms with van der Waals surface area (Å²) < 4.78 is 0. The van der Waals surface area contributed by atoms with E-state index in [1.165, 1.54) is 45.2 Å². The summed E-state index contributed by atoms with van der Waals surface area (Å²) in [5, 5.41) is 0. The summed E-state index contributed by atoms with van der Waals surface area (Å²) in [7, 11) is 2.21. The highest BCUT2D eigenvalue weighted by atomic mass is 15.3. The fraction of sp³-hybridized carbons (Fsp3) is 1.00. The van der Waals surface area contributed by atoms with Crippen molar-refractivity contribution in [3.05, 3.63) is 0 Å². The van der Waals surface area contributed by atoms with Crippen molar-refractivity contribution in [1.82, 2.24) is 9.80 Å². The maximum atomic E-state index is 2.60. The zero-order valence-electron chi connectivity index (χ0n) is 10.8. The van der Waals surface area contributed by atoms with Crippen LogP contribution in [0.3, 0.4) is 0 Å². The second-order valence-electron chi connectivity index (χ2n) is 4.99. The second-order valence-corrected chi connectivity index (χ2v) is 4.99. The molecule has 0 spiro atoms. The van der Waals surface area contributed by atoms with E-state index >= 15 is 0 Å². The number of hydrogen-bond acceptors (Lipinski definition) is 2. The van der Waals surface area contributed by atoms with Crippen molar-refractivity contribution in [1.29, 1.82) is 0 Å². The van der Waals surface area contributed by atoms with Gasteiger partial charge in [0.15, 0.2) is 0 Å². The first-order chi connectivity index (χ1) is 7.26. The van der Waals surface area contributed by atoms with Gasteiger partial charge in [-0.25, -0.2) is 0 Å². The monoisotopic (exact) mass is 212 g/mol. The van der Waals surface area contributed by atoms with E-state index < -0.39 is 0 Å². The van der Waals surface area contributed by atoms with E-state index in [2.05, 4.69) is 30.7 Å². The van der Waals surface area contributed by atoms with Gasteiger partial charge >= 0.3 is 0 Å². The molecule has 0 bridgehead atoms. The minimum atomic E-state index is 0.976. The highest BCUT2D eigenvalue weighted by Crippen LogP contribution is 2.24. The van der Waals surface area contributed by atoms with Gasteiger partial charge < -0.3 is 0 Å². The van der Waals surface area contributed by atoms with Crippen molar-refractivity contribution in [3.8, 4) is 0 Å². The Balaban J connectivity index is 2.25. The van der Waals surface area contributed by atoms with E-state index in [4.69, 9.17) is 0 Å². The predicted molar refractivity (Wildman–Crippen MR) is 67.0 cm³/mol. The molecular formula is C13H28N2. The molecule has 0 aliphatic heterocycles. The molecule has 0 aromatic rings. The Morgan fingerprint density at radius 2 is 1.67 bits per heavy atom. The van der Waals surface area contributed by atoms with Gasteiger partial charge in [-0.3, -0.25) is 9.80 Å². The van der Waals surface area contributed by atoms with E-state index in [0.29, 0.717) is 0 Å². The van der Waals surface area contributed by atoms with Crippen LogP contribution in [0.5, 0.6) is 0 Å². The lowest BCUT2D eigenvalue weighted by Gasteiger charge is -2.31. The molecule has 0 amide bonds. The molecule has 1 rings (SSSR count). The van der Waals surface area contributed by atoms with Crippen molar-refractivity contribution < 1.29 is 0 Å². The molecule has 0 atom stereocenters. The zero-order chi connectivity index (χ0) is 11.1. The van der Waals surface area contributed by atoms with E-state index in [9.17, 15) is 0 Å². The highest BCUT2D eigenvalue weighted by Gasteiger charge is 2.16. The van der Waals surface area contributed by atoms with Gasteiger partial charge in [0.2, 0.25) is 0 Å². The summed E-state index contributed by atoms with van der Waals surface area (Å²) in [6, 6.07) is 0. The maximum absolute atomic E-state index is 2.60. The van der Waals surface area contributed by atoms with Crippen LogP contribution in [0.4, 0.5) is 0 Å². The molecule has 0 N–H and O–H groups in total. The van der Waals surface area contributed by atoms with Gasteiger partial charge in [-0.2, -0.15) is 0 Å². The fourth-order valence-corrected chi connectivity index (χ4v) is 2.46. The third-order valence-electron chi connectivity index (χ3n) is 3.67. The molecule has 1 aliphatic rings. The molecule has 0 heterocycles. The van der Waals surface area contributed by atoms with Gasteiger partial charge in [0.1, 0.15) is 0 Å². The van der Waals surface area contributed by atoms with Crippen LogP contribution >= 0.6 is 0 Å². The van der Waals surface area contributed by atoms with Crippen LogP contribution in [0, 0.1) is 5.92 Å². The largest absolute Gasteiger partial charge is 0.294 e. The molecule has 0 aromatic heterocycles. The average Bonchev–Trinajstić information content (AvgIpc) is 2.29. The number of hydrogen-bond donors (Lipinski definition) is 0. The lowest BCUT2D eigenvalue weighted by atomic mass is 9.89. The summed E-state index contributed by atoms with van der Waals surface area (Å²) in [6.07, 6.45) is 7.33. The summed E-state index contributed by atoms with van der Waals surface area (Å²) in [6.45, 7) is 9.33. The number of rotatable bonds is 6. The molecular weight excluding hydrogens is 184 g/mol. The third kappa shape index (κ3) is 4.98. The molecule has 0 saturated heterocycles. The Morgan fingerprint density at radius 1 is 1.00 bits per heavy atom. The lowest BCUT2D eigenvalue weighted by molar-refractivity contribution is 0.133. The molecule has 1 aliphatic carbocycles. The average molecular weight is 212 g/mol. The normalized spacial score (nSPS) is 19.0. The third-order valence-corrected chi connectivity index (χ3v) is 3.67. The summed E-state index contributed by atoms with van der Waals surface area (Å²) in [4.78, 5) is 4.99. The quantitative estimate of drug-likeness (QED) is 0.625. The first kappa shape index (κ1) is 13.0. The smallest absolute Gasteiger partial charge is 0.0503 e. The van der Waals surface area contributed by atoms with Crippen LogP contribution in [0.1, 0.15) is 46.0 Å². The molecule has 1 saturated carbocycles. The summed E-state index contributed by atoms with van der Waals surface area (Å²) in [5.41, 5.74) is 0. The van der Waals surface area contributed by atoms with Gasteiger partial charge in [-0.15, -0.1) is 0 Å². The van der Waals surface area contributed by atoms with Crippen molar-refractivity contribution in [3.63, 3.8) is 0 Å². The van der Waals surface area contributed by atoms with Gasteiger partial charge in [0.05, 0.1) is 6.67 Å². The Hall–Kier alpha value is -0.0800. The minimum Gasteiger partial charge on any atom is -0.294 e. The van der Waals surface area contributed by atoms with E-state index in [-0.39, 0.29) is 0 Å². The highest BCUT2D eigenvalue weighted by molar-refractivity contribution is 4.69. The van der Waals surface area contributed by atoms with Crippen LogP contribution < -0.4 is 0 Å². The molecule has 2 heteroatoms. The molecule has 90 valence electrons.